The van der Waals surface area contributed by atoms with Crippen molar-refractivity contribution in [2.75, 3.05) is 26.1 Å². The van der Waals surface area contributed by atoms with E-state index in [1.165, 1.54) is 6.33 Å². The number of nitrogen functional groups attached to an aromatic ring is 1. The van der Waals surface area contributed by atoms with Crippen LogP contribution in [0.2, 0.25) is 0 Å². The second kappa shape index (κ2) is 4.76. The zero-order chi connectivity index (χ0) is 11.4. The number of rotatable bonds is 4. The quantitative estimate of drug-likeness (QED) is 0.783. The molecule has 0 aliphatic heterocycles. The van der Waals surface area contributed by atoms with Gasteiger partial charge in [-0.2, -0.15) is 0 Å². The minimum atomic E-state index is 0.429. The van der Waals surface area contributed by atoms with Gasteiger partial charge in [-0.25, -0.2) is 9.97 Å². The fourth-order valence-electron chi connectivity index (χ4n) is 1.46. The molecule has 5 heteroatoms. The molecular weight excluding hydrogens is 206 g/mol. The van der Waals surface area contributed by atoms with Crippen LogP contribution in [0.4, 0.5) is 5.82 Å². The Bertz CT molecular complexity index is 482. The van der Waals surface area contributed by atoms with Gasteiger partial charge in [-0.1, -0.05) is 6.07 Å². The lowest BCUT2D eigenvalue weighted by Gasteiger charge is -2.09. The van der Waals surface area contributed by atoms with Gasteiger partial charge in [0.2, 0.25) is 0 Å². The monoisotopic (exact) mass is 219 g/mol. The van der Waals surface area contributed by atoms with Gasteiger partial charge >= 0.3 is 0 Å². The summed E-state index contributed by atoms with van der Waals surface area (Å²) in [7, 11) is 1.63. The molecule has 0 atom stereocenters. The Kier molecular flexibility index (Phi) is 3.16. The summed E-state index contributed by atoms with van der Waals surface area (Å²) in [5.41, 5.74) is 6.58. The standard InChI is InChI=1S/C11H13N3O2/c1-15-5-6-16-9-4-2-3-8-10(9)11(12)14-7-13-8/h2-4,7H,5-6H2,1H3,(H2,12,13,14). The van der Waals surface area contributed by atoms with Crippen molar-refractivity contribution in [2.24, 2.45) is 0 Å². The van der Waals surface area contributed by atoms with Crippen molar-refractivity contribution in [3.05, 3.63) is 24.5 Å². The smallest absolute Gasteiger partial charge is 0.138 e. The van der Waals surface area contributed by atoms with Crippen molar-refractivity contribution in [1.29, 1.82) is 0 Å². The second-order valence-corrected chi connectivity index (χ2v) is 3.25. The normalized spacial score (nSPS) is 10.6. The van der Waals surface area contributed by atoms with E-state index in [2.05, 4.69) is 9.97 Å². The molecule has 0 spiro atoms. The Labute approximate surface area is 93.2 Å². The van der Waals surface area contributed by atoms with E-state index in [4.69, 9.17) is 15.2 Å². The summed E-state index contributed by atoms with van der Waals surface area (Å²) in [4.78, 5) is 8.08. The number of ether oxygens (including phenoxy) is 2. The van der Waals surface area contributed by atoms with Gasteiger partial charge < -0.3 is 15.2 Å². The lowest BCUT2D eigenvalue weighted by molar-refractivity contribution is 0.147. The van der Waals surface area contributed by atoms with Crippen LogP contribution in [-0.2, 0) is 4.74 Å². The predicted octanol–water partition coefficient (Wildman–Crippen LogP) is 1.24. The molecule has 0 amide bonds. The van der Waals surface area contributed by atoms with E-state index in [-0.39, 0.29) is 0 Å². The van der Waals surface area contributed by atoms with Gasteiger partial charge in [-0.05, 0) is 12.1 Å². The Morgan fingerprint density at radius 1 is 1.25 bits per heavy atom. The first-order valence-corrected chi connectivity index (χ1v) is 4.94. The molecule has 0 aliphatic carbocycles. The number of hydrogen-bond acceptors (Lipinski definition) is 5. The van der Waals surface area contributed by atoms with Crippen LogP contribution in [0.1, 0.15) is 0 Å². The third-order valence-electron chi connectivity index (χ3n) is 2.20. The van der Waals surface area contributed by atoms with Gasteiger partial charge in [0.15, 0.2) is 0 Å². The maximum atomic E-state index is 5.80. The lowest BCUT2D eigenvalue weighted by atomic mass is 10.2. The number of fused-ring (bicyclic) bond motifs is 1. The van der Waals surface area contributed by atoms with Gasteiger partial charge in [-0.15, -0.1) is 0 Å². The van der Waals surface area contributed by atoms with Crippen molar-refractivity contribution in [3.8, 4) is 5.75 Å². The van der Waals surface area contributed by atoms with E-state index in [9.17, 15) is 0 Å². The highest BCUT2D eigenvalue weighted by Gasteiger charge is 2.06. The Morgan fingerprint density at radius 3 is 2.94 bits per heavy atom. The highest BCUT2D eigenvalue weighted by molar-refractivity contribution is 5.93. The van der Waals surface area contributed by atoms with Crippen LogP contribution in [0.25, 0.3) is 10.9 Å². The van der Waals surface area contributed by atoms with E-state index >= 15 is 0 Å². The number of hydrogen-bond donors (Lipinski definition) is 1. The minimum absolute atomic E-state index is 0.429. The van der Waals surface area contributed by atoms with Gasteiger partial charge in [0.1, 0.15) is 24.5 Å². The molecule has 0 fully saturated rings. The van der Waals surface area contributed by atoms with Crippen LogP contribution < -0.4 is 10.5 Å². The van der Waals surface area contributed by atoms with E-state index in [0.717, 1.165) is 10.9 Å². The molecule has 2 rings (SSSR count). The number of aromatic nitrogens is 2. The van der Waals surface area contributed by atoms with Crippen molar-refractivity contribution in [3.63, 3.8) is 0 Å². The first-order valence-electron chi connectivity index (χ1n) is 4.94. The highest BCUT2D eigenvalue weighted by atomic mass is 16.5. The molecule has 1 aromatic heterocycles. The lowest BCUT2D eigenvalue weighted by Crippen LogP contribution is -2.05. The van der Waals surface area contributed by atoms with E-state index < -0.39 is 0 Å². The van der Waals surface area contributed by atoms with Crippen LogP contribution >= 0.6 is 0 Å². The largest absolute Gasteiger partial charge is 0.490 e. The fraction of sp³-hybridized carbons (Fsp3) is 0.273. The number of anilines is 1. The summed E-state index contributed by atoms with van der Waals surface area (Å²) in [5, 5.41) is 0.751. The van der Waals surface area contributed by atoms with Gasteiger partial charge in [0.25, 0.3) is 0 Å². The summed E-state index contributed by atoms with van der Waals surface area (Å²) in [6.45, 7) is 1.01. The second-order valence-electron chi connectivity index (χ2n) is 3.25. The van der Waals surface area contributed by atoms with Crippen LogP contribution in [0.5, 0.6) is 5.75 Å². The molecule has 0 aliphatic rings. The number of benzene rings is 1. The van der Waals surface area contributed by atoms with Crippen LogP contribution in [-0.4, -0.2) is 30.3 Å². The van der Waals surface area contributed by atoms with Crippen LogP contribution in [0.3, 0.4) is 0 Å². The highest BCUT2D eigenvalue weighted by Crippen LogP contribution is 2.27. The molecule has 2 N–H and O–H groups in total. The Hall–Kier alpha value is -1.88. The first kappa shape index (κ1) is 10.6. The molecule has 0 unspecified atom stereocenters. The molecule has 5 nitrogen and oxygen atoms in total. The summed E-state index contributed by atoms with van der Waals surface area (Å²) in [5.74, 6) is 1.12. The third kappa shape index (κ3) is 2.04. The molecule has 0 saturated carbocycles. The Balaban J connectivity index is 2.37. The molecule has 1 heterocycles. The summed E-state index contributed by atoms with van der Waals surface area (Å²) < 4.78 is 10.5. The van der Waals surface area contributed by atoms with E-state index in [1.54, 1.807) is 7.11 Å². The molecule has 0 radical (unpaired) electrons. The number of nitrogens with two attached hydrogens (primary N) is 1. The number of methoxy groups -OCH3 is 1. The SMILES string of the molecule is COCCOc1cccc2ncnc(N)c12. The average molecular weight is 219 g/mol. The minimum Gasteiger partial charge on any atom is -0.490 e. The molecule has 0 saturated heterocycles. The topological polar surface area (TPSA) is 70.3 Å². The predicted molar refractivity (Wildman–Crippen MR) is 61.3 cm³/mol. The zero-order valence-corrected chi connectivity index (χ0v) is 9.01. The van der Waals surface area contributed by atoms with Crippen molar-refractivity contribution < 1.29 is 9.47 Å². The van der Waals surface area contributed by atoms with Crippen LogP contribution in [0.15, 0.2) is 24.5 Å². The molecule has 16 heavy (non-hydrogen) atoms. The van der Waals surface area contributed by atoms with Gasteiger partial charge in [-0.3, -0.25) is 0 Å². The van der Waals surface area contributed by atoms with E-state index in [1.807, 2.05) is 18.2 Å². The van der Waals surface area contributed by atoms with Crippen molar-refractivity contribution in [2.45, 2.75) is 0 Å². The van der Waals surface area contributed by atoms with Crippen molar-refractivity contribution in [1.82, 2.24) is 9.97 Å². The third-order valence-corrected chi connectivity index (χ3v) is 2.20. The molecule has 0 bridgehead atoms. The van der Waals surface area contributed by atoms with Gasteiger partial charge in [0, 0.05) is 7.11 Å². The zero-order valence-electron chi connectivity index (χ0n) is 9.01. The van der Waals surface area contributed by atoms with E-state index in [0.29, 0.717) is 24.8 Å². The fourth-order valence-corrected chi connectivity index (χ4v) is 1.46. The maximum Gasteiger partial charge on any atom is 0.138 e. The Morgan fingerprint density at radius 2 is 2.12 bits per heavy atom. The molecule has 2 aromatic rings. The molecule has 84 valence electrons. The van der Waals surface area contributed by atoms with Crippen molar-refractivity contribution >= 4 is 16.7 Å². The summed E-state index contributed by atoms with van der Waals surface area (Å²) in [6, 6.07) is 5.59. The summed E-state index contributed by atoms with van der Waals surface area (Å²) >= 11 is 0. The molecule has 1 aromatic carbocycles. The number of nitrogens with zero attached hydrogens (tertiary/aromatic N) is 2. The summed E-state index contributed by atoms with van der Waals surface area (Å²) in [6.07, 6.45) is 1.44. The van der Waals surface area contributed by atoms with Crippen LogP contribution in [0, 0.1) is 0 Å². The maximum absolute atomic E-state index is 5.80. The van der Waals surface area contributed by atoms with Gasteiger partial charge in [0.05, 0.1) is 17.5 Å². The molecular formula is C11H13N3O2. The first-order chi connectivity index (χ1) is 7.83. The average Bonchev–Trinajstić information content (AvgIpc) is 2.30.